The number of hydrogen-bond donors (Lipinski definition) is 0. The van der Waals surface area contributed by atoms with Crippen LogP contribution < -0.4 is 0 Å². The Morgan fingerprint density at radius 3 is 2.84 bits per heavy atom. The molecule has 19 heavy (non-hydrogen) atoms. The molecule has 104 valence electrons. The molecule has 1 saturated carbocycles. The number of aromatic nitrogens is 1. The third-order valence-corrected chi connectivity index (χ3v) is 4.84. The van der Waals surface area contributed by atoms with Crippen molar-refractivity contribution in [3.05, 3.63) is 21.1 Å². The summed E-state index contributed by atoms with van der Waals surface area (Å²) in [5, 5.41) is 1.03. The van der Waals surface area contributed by atoms with Crippen molar-refractivity contribution >= 4 is 39.3 Å². The van der Waals surface area contributed by atoms with E-state index < -0.39 is 0 Å². The average molecular weight is 344 g/mol. The lowest BCUT2D eigenvalue weighted by Crippen LogP contribution is -2.23. The zero-order chi connectivity index (χ0) is 13.7. The molecule has 5 heteroatoms. The molecule has 0 unspecified atom stereocenters. The van der Waals surface area contributed by atoms with Gasteiger partial charge in [-0.3, -0.25) is 4.79 Å². The molecule has 0 amide bonds. The Bertz CT molecular complexity index is 450. The summed E-state index contributed by atoms with van der Waals surface area (Å²) >= 11 is 5.04. The van der Waals surface area contributed by atoms with E-state index in [1.807, 2.05) is 13.1 Å². The highest BCUT2D eigenvalue weighted by atomic mass is 79.9. The van der Waals surface area contributed by atoms with E-state index in [4.69, 9.17) is 4.74 Å². The van der Waals surface area contributed by atoms with Crippen molar-refractivity contribution in [2.75, 3.05) is 6.61 Å². The van der Waals surface area contributed by atoms with Crippen molar-refractivity contribution < 1.29 is 9.53 Å². The van der Waals surface area contributed by atoms with Crippen LogP contribution >= 0.6 is 27.3 Å². The first-order valence-electron chi connectivity index (χ1n) is 6.65. The van der Waals surface area contributed by atoms with Gasteiger partial charge < -0.3 is 4.74 Å². The van der Waals surface area contributed by atoms with Gasteiger partial charge >= 0.3 is 5.97 Å². The van der Waals surface area contributed by atoms with E-state index in [1.54, 1.807) is 11.3 Å². The predicted octanol–water partition coefficient (Wildman–Crippen LogP) is 4.29. The van der Waals surface area contributed by atoms with Crippen LogP contribution in [-0.2, 0) is 9.53 Å². The summed E-state index contributed by atoms with van der Waals surface area (Å²) in [4.78, 5) is 15.9. The molecule has 1 aliphatic rings. The van der Waals surface area contributed by atoms with Crippen LogP contribution in [0.25, 0.3) is 6.08 Å². The van der Waals surface area contributed by atoms with Crippen molar-refractivity contribution in [3.63, 3.8) is 0 Å². The standard InChI is InChI=1S/C14H18BrNO2S/c1-2-18-14(17)11-6-3-10(4-7-11)5-8-13-16-9-12(15)19-13/h5,8-11H,2-4,6-7H2,1H3. The molecule has 1 fully saturated rings. The molecule has 0 radical (unpaired) electrons. The van der Waals surface area contributed by atoms with E-state index in [0.29, 0.717) is 12.5 Å². The largest absolute Gasteiger partial charge is 0.466 e. The van der Waals surface area contributed by atoms with E-state index >= 15 is 0 Å². The van der Waals surface area contributed by atoms with Gasteiger partial charge in [-0.1, -0.05) is 6.08 Å². The van der Waals surface area contributed by atoms with Crippen LogP contribution in [0.4, 0.5) is 0 Å². The van der Waals surface area contributed by atoms with Gasteiger partial charge in [0, 0.05) is 0 Å². The van der Waals surface area contributed by atoms with Gasteiger partial charge in [0.15, 0.2) is 0 Å². The van der Waals surface area contributed by atoms with Crippen molar-refractivity contribution in [2.45, 2.75) is 32.6 Å². The molecule has 1 heterocycles. The van der Waals surface area contributed by atoms with E-state index in [1.165, 1.54) is 0 Å². The van der Waals surface area contributed by atoms with Gasteiger partial charge in [0.2, 0.25) is 0 Å². The molecule has 0 spiro atoms. The molecule has 0 N–H and O–H groups in total. The Labute approximate surface area is 126 Å². The summed E-state index contributed by atoms with van der Waals surface area (Å²) in [6.45, 7) is 2.34. The minimum absolute atomic E-state index is 0.0196. The van der Waals surface area contributed by atoms with Gasteiger partial charge in [-0.15, -0.1) is 11.3 Å². The number of nitrogens with zero attached hydrogens (tertiary/aromatic N) is 1. The van der Waals surface area contributed by atoms with Gasteiger partial charge in [-0.25, -0.2) is 4.98 Å². The molecule has 3 nitrogen and oxygen atoms in total. The van der Waals surface area contributed by atoms with Crippen LogP contribution in [0.2, 0.25) is 0 Å². The van der Waals surface area contributed by atoms with E-state index in [0.717, 1.165) is 34.5 Å². The number of rotatable bonds is 4. The maximum absolute atomic E-state index is 11.6. The lowest BCUT2D eigenvalue weighted by atomic mass is 9.82. The third kappa shape index (κ3) is 4.42. The first-order chi connectivity index (χ1) is 9.19. The van der Waals surface area contributed by atoms with E-state index in [-0.39, 0.29) is 11.9 Å². The number of hydrogen-bond acceptors (Lipinski definition) is 4. The van der Waals surface area contributed by atoms with Crippen LogP contribution in [0.5, 0.6) is 0 Å². The zero-order valence-corrected chi connectivity index (χ0v) is 13.4. The van der Waals surface area contributed by atoms with Gasteiger partial charge in [0.05, 0.1) is 22.5 Å². The first kappa shape index (κ1) is 14.7. The van der Waals surface area contributed by atoms with E-state index in [2.05, 4.69) is 33.1 Å². The molecule has 1 aliphatic carbocycles. The van der Waals surface area contributed by atoms with Crippen LogP contribution in [0.15, 0.2) is 16.1 Å². The van der Waals surface area contributed by atoms with Crippen LogP contribution in [0, 0.1) is 11.8 Å². The smallest absolute Gasteiger partial charge is 0.308 e. The Hall–Kier alpha value is -0.680. The summed E-state index contributed by atoms with van der Waals surface area (Å²) < 4.78 is 6.13. The number of carbonyl (C=O) groups excluding carboxylic acids is 1. The second-order valence-corrected chi connectivity index (χ2v) is 7.17. The van der Waals surface area contributed by atoms with Crippen LogP contribution in [-0.4, -0.2) is 17.6 Å². The molecular weight excluding hydrogens is 326 g/mol. The molecule has 1 aromatic rings. The normalized spacial score (nSPS) is 23.7. The van der Waals surface area contributed by atoms with Gasteiger partial charge in [0.1, 0.15) is 5.01 Å². The third-order valence-electron chi connectivity index (χ3n) is 3.40. The summed E-state index contributed by atoms with van der Waals surface area (Å²) in [7, 11) is 0. The number of esters is 1. The molecule has 0 atom stereocenters. The molecule has 0 aliphatic heterocycles. The maximum Gasteiger partial charge on any atom is 0.308 e. The molecular formula is C14H18BrNO2S. The topological polar surface area (TPSA) is 39.2 Å². The highest BCUT2D eigenvalue weighted by Gasteiger charge is 2.25. The highest BCUT2D eigenvalue weighted by Crippen LogP contribution is 2.31. The molecule has 0 bridgehead atoms. The fraction of sp³-hybridized carbons (Fsp3) is 0.571. The summed E-state index contributed by atoms with van der Waals surface area (Å²) in [6.07, 6.45) is 10.1. The second kappa shape index (κ2) is 7.20. The average Bonchev–Trinajstić information content (AvgIpc) is 2.83. The number of halogens is 1. The maximum atomic E-state index is 11.6. The number of thiazole rings is 1. The fourth-order valence-electron chi connectivity index (χ4n) is 2.37. The Morgan fingerprint density at radius 2 is 2.26 bits per heavy atom. The SMILES string of the molecule is CCOC(=O)C1CCC(C=Cc2ncc(Br)s2)CC1. The van der Waals surface area contributed by atoms with E-state index in [9.17, 15) is 4.79 Å². The van der Waals surface area contributed by atoms with Gasteiger partial charge in [-0.05, 0) is 60.5 Å². The fourth-order valence-corrected chi connectivity index (χ4v) is 3.53. The lowest BCUT2D eigenvalue weighted by Gasteiger charge is -2.25. The predicted molar refractivity (Wildman–Crippen MR) is 80.9 cm³/mol. The highest BCUT2D eigenvalue weighted by molar-refractivity contribution is 9.11. The number of carbonyl (C=O) groups is 1. The molecule has 0 saturated heterocycles. The summed E-state index contributed by atoms with van der Waals surface area (Å²) in [5.41, 5.74) is 0. The minimum Gasteiger partial charge on any atom is -0.466 e. The van der Waals surface area contributed by atoms with Crippen LogP contribution in [0.3, 0.4) is 0 Å². The van der Waals surface area contributed by atoms with Crippen molar-refractivity contribution in [3.8, 4) is 0 Å². The molecule has 0 aromatic carbocycles. The van der Waals surface area contributed by atoms with Crippen molar-refractivity contribution in [1.82, 2.24) is 4.98 Å². The summed E-state index contributed by atoms with van der Waals surface area (Å²) in [5.74, 6) is 0.653. The summed E-state index contributed by atoms with van der Waals surface area (Å²) in [6, 6.07) is 0. The lowest BCUT2D eigenvalue weighted by molar-refractivity contribution is -0.149. The van der Waals surface area contributed by atoms with Crippen LogP contribution in [0.1, 0.15) is 37.6 Å². The quantitative estimate of drug-likeness (QED) is 0.765. The number of ether oxygens (including phenoxy) is 1. The molecule has 1 aromatic heterocycles. The minimum atomic E-state index is -0.0196. The Balaban J connectivity index is 1.80. The Morgan fingerprint density at radius 1 is 1.53 bits per heavy atom. The Kier molecular flexibility index (Phi) is 5.58. The first-order valence-corrected chi connectivity index (χ1v) is 8.26. The van der Waals surface area contributed by atoms with Crippen molar-refractivity contribution in [1.29, 1.82) is 0 Å². The van der Waals surface area contributed by atoms with Gasteiger partial charge in [0.25, 0.3) is 0 Å². The zero-order valence-electron chi connectivity index (χ0n) is 11.0. The van der Waals surface area contributed by atoms with Crippen molar-refractivity contribution in [2.24, 2.45) is 11.8 Å². The number of allylic oxidation sites excluding steroid dienone is 1. The van der Waals surface area contributed by atoms with Gasteiger partial charge in [-0.2, -0.15) is 0 Å². The monoisotopic (exact) mass is 343 g/mol. The second-order valence-electron chi connectivity index (χ2n) is 4.73. The molecule has 2 rings (SSSR count).